The largest absolute Gasteiger partial charge is 0.313 e. The Morgan fingerprint density at radius 3 is 2.74 bits per heavy atom. The maximum atomic E-state index is 6.15. The zero-order valence-electron chi connectivity index (χ0n) is 11.5. The molecule has 1 atom stereocenters. The summed E-state index contributed by atoms with van der Waals surface area (Å²) in [6, 6.07) is 6.18. The van der Waals surface area contributed by atoms with Crippen molar-refractivity contribution in [2.45, 2.75) is 32.2 Å². The molecule has 1 aromatic carbocycles. The van der Waals surface area contributed by atoms with Gasteiger partial charge in [-0.1, -0.05) is 23.2 Å². The van der Waals surface area contributed by atoms with Crippen LogP contribution in [0, 0.1) is 0 Å². The van der Waals surface area contributed by atoms with Gasteiger partial charge < -0.3 is 10.2 Å². The topological polar surface area (TPSA) is 15.3 Å². The van der Waals surface area contributed by atoms with E-state index in [9.17, 15) is 0 Å². The van der Waals surface area contributed by atoms with Crippen LogP contribution in [0.1, 0.15) is 25.3 Å². The highest BCUT2D eigenvalue weighted by Gasteiger charge is 2.14. The predicted octanol–water partition coefficient (Wildman–Crippen LogP) is 3.61. The maximum absolute atomic E-state index is 6.15. The average Bonchev–Trinajstić information content (AvgIpc) is 2.86. The highest BCUT2D eigenvalue weighted by Crippen LogP contribution is 2.20. The van der Waals surface area contributed by atoms with Crippen molar-refractivity contribution in [2.24, 2.45) is 0 Å². The lowest BCUT2D eigenvalue weighted by molar-refractivity contribution is 0.299. The first-order valence-electron chi connectivity index (χ1n) is 7.05. The average molecular weight is 301 g/mol. The fourth-order valence-corrected chi connectivity index (χ4v) is 3.01. The van der Waals surface area contributed by atoms with E-state index in [2.05, 4.69) is 17.1 Å². The number of likely N-dealkylation sites (tertiary alicyclic amines) is 1. The van der Waals surface area contributed by atoms with Crippen molar-refractivity contribution in [3.63, 3.8) is 0 Å². The molecule has 4 heteroatoms. The molecule has 1 aromatic rings. The Morgan fingerprint density at radius 2 is 2.00 bits per heavy atom. The second-order valence-corrected chi connectivity index (χ2v) is 6.19. The number of halogens is 2. The molecule has 0 saturated carbocycles. The van der Waals surface area contributed by atoms with Gasteiger partial charge in [0.25, 0.3) is 0 Å². The van der Waals surface area contributed by atoms with Crippen molar-refractivity contribution in [3.05, 3.63) is 33.8 Å². The van der Waals surface area contributed by atoms with Crippen LogP contribution >= 0.6 is 23.2 Å². The molecule has 1 fully saturated rings. The summed E-state index contributed by atoms with van der Waals surface area (Å²) < 4.78 is 0. The van der Waals surface area contributed by atoms with E-state index in [0.717, 1.165) is 35.1 Å². The third-order valence-electron chi connectivity index (χ3n) is 3.63. The fraction of sp³-hybridized carbons (Fsp3) is 0.600. The van der Waals surface area contributed by atoms with E-state index in [1.165, 1.54) is 25.9 Å². The van der Waals surface area contributed by atoms with Gasteiger partial charge in [0.05, 0.1) is 0 Å². The van der Waals surface area contributed by atoms with Crippen LogP contribution in [0.5, 0.6) is 0 Å². The summed E-state index contributed by atoms with van der Waals surface area (Å²) in [4.78, 5) is 2.53. The molecule has 19 heavy (non-hydrogen) atoms. The van der Waals surface area contributed by atoms with Crippen LogP contribution in [0.25, 0.3) is 0 Å². The monoisotopic (exact) mass is 300 g/mol. The van der Waals surface area contributed by atoms with Crippen LogP contribution in [0.15, 0.2) is 18.2 Å². The van der Waals surface area contributed by atoms with Gasteiger partial charge in [-0.25, -0.2) is 0 Å². The van der Waals surface area contributed by atoms with E-state index in [4.69, 9.17) is 23.2 Å². The van der Waals surface area contributed by atoms with E-state index in [1.54, 1.807) is 0 Å². The van der Waals surface area contributed by atoms with Gasteiger partial charge in [0.15, 0.2) is 0 Å². The summed E-state index contributed by atoms with van der Waals surface area (Å²) in [7, 11) is 0. The lowest BCUT2D eigenvalue weighted by atomic mass is 10.1. The van der Waals surface area contributed by atoms with Crippen LogP contribution in [0.2, 0.25) is 10.0 Å². The molecule has 0 spiro atoms. The summed E-state index contributed by atoms with van der Waals surface area (Å²) in [5.74, 6) is 0. The molecule has 0 bridgehead atoms. The van der Waals surface area contributed by atoms with Crippen molar-refractivity contribution < 1.29 is 0 Å². The summed E-state index contributed by atoms with van der Waals surface area (Å²) in [6.45, 7) is 6.84. The third kappa shape index (κ3) is 4.96. The molecule has 1 unspecified atom stereocenters. The molecule has 1 aliphatic rings. The molecule has 2 rings (SSSR count). The van der Waals surface area contributed by atoms with Crippen molar-refractivity contribution in [1.29, 1.82) is 0 Å². The summed E-state index contributed by atoms with van der Waals surface area (Å²) in [6.07, 6.45) is 3.62. The van der Waals surface area contributed by atoms with E-state index < -0.39 is 0 Å². The lowest BCUT2D eigenvalue weighted by Crippen LogP contribution is -2.38. The maximum Gasteiger partial charge on any atom is 0.0439 e. The molecule has 2 nitrogen and oxygen atoms in total. The highest BCUT2D eigenvalue weighted by molar-refractivity contribution is 6.33. The molecular formula is C15H22Cl2N2. The van der Waals surface area contributed by atoms with Crippen molar-refractivity contribution in [2.75, 3.05) is 26.2 Å². The SMILES string of the molecule is CC(CN1CCCC1)NCCc1cc(Cl)ccc1Cl. The van der Waals surface area contributed by atoms with E-state index in [-0.39, 0.29) is 0 Å². The number of rotatable bonds is 6. The fourth-order valence-electron chi connectivity index (χ4n) is 2.61. The second-order valence-electron chi connectivity index (χ2n) is 5.35. The molecule has 0 amide bonds. The molecular weight excluding hydrogens is 279 g/mol. The lowest BCUT2D eigenvalue weighted by Gasteiger charge is -2.21. The van der Waals surface area contributed by atoms with Gasteiger partial charge in [-0.15, -0.1) is 0 Å². The molecule has 1 saturated heterocycles. The first-order valence-corrected chi connectivity index (χ1v) is 7.80. The third-order valence-corrected chi connectivity index (χ3v) is 4.23. The van der Waals surface area contributed by atoms with Gasteiger partial charge in [-0.2, -0.15) is 0 Å². The number of nitrogens with zero attached hydrogens (tertiary/aromatic N) is 1. The molecule has 1 N–H and O–H groups in total. The molecule has 106 valence electrons. The molecule has 0 aromatic heterocycles. The van der Waals surface area contributed by atoms with Gasteiger partial charge in [0.1, 0.15) is 0 Å². The van der Waals surface area contributed by atoms with Crippen LogP contribution in [0.3, 0.4) is 0 Å². The zero-order chi connectivity index (χ0) is 13.7. The standard InChI is InChI=1S/C15H22Cl2N2/c1-12(11-19-8-2-3-9-19)18-7-6-13-10-14(16)4-5-15(13)17/h4-5,10,12,18H,2-3,6-9,11H2,1H3. The Hall–Kier alpha value is -0.280. The van der Waals surface area contributed by atoms with Gasteiger partial charge in [-0.3, -0.25) is 0 Å². The Kier molecular flexibility index (Phi) is 5.96. The van der Waals surface area contributed by atoms with Gasteiger partial charge >= 0.3 is 0 Å². The zero-order valence-corrected chi connectivity index (χ0v) is 13.0. The molecule has 1 aliphatic heterocycles. The molecule has 1 heterocycles. The second kappa shape index (κ2) is 7.49. The number of benzene rings is 1. The van der Waals surface area contributed by atoms with Crippen molar-refractivity contribution >= 4 is 23.2 Å². The number of nitrogens with one attached hydrogen (secondary N) is 1. The van der Waals surface area contributed by atoms with Crippen LogP contribution in [0.4, 0.5) is 0 Å². The van der Waals surface area contributed by atoms with Crippen LogP contribution < -0.4 is 5.32 Å². The first-order chi connectivity index (χ1) is 9.15. The van der Waals surface area contributed by atoms with E-state index in [1.807, 2.05) is 18.2 Å². The molecule has 0 aliphatic carbocycles. The van der Waals surface area contributed by atoms with Gasteiger partial charge in [0.2, 0.25) is 0 Å². The summed E-state index contributed by atoms with van der Waals surface area (Å²) in [5.41, 5.74) is 1.12. The van der Waals surface area contributed by atoms with Crippen LogP contribution in [-0.4, -0.2) is 37.1 Å². The predicted molar refractivity (Wildman–Crippen MR) is 83.3 cm³/mol. The summed E-state index contributed by atoms with van der Waals surface area (Å²) in [5, 5.41) is 5.12. The minimum Gasteiger partial charge on any atom is -0.313 e. The first kappa shape index (κ1) is 15.1. The van der Waals surface area contributed by atoms with Gasteiger partial charge in [-0.05, 0) is 69.6 Å². The Balaban J connectivity index is 1.71. The minimum absolute atomic E-state index is 0.524. The normalized spacial score (nSPS) is 17.8. The van der Waals surface area contributed by atoms with Crippen LogP contribution in [-0.2, 0) is 6.42 Å². The Labute approximate surface area is 126 Å². The van der Waals surface area contributed by atoms with E-state index in [0.29, 0.717) is 6.04 Å². The smallest absolute Gasteiger partial charge is 0.0439 e. The minimum atomic E-state index is 0.524. The van der Waals surface area contributed by atoms with Crippen molar-refractivity contribution in [3.8, 4) is 0 Å². The van der Waals surface area contributed by atoms with Crippen molar-refractivity contribution in [1.82, 2.24) is 10.2 Å². The summed E-state index contributed by atoms with van der Waals surface area (Å²) >= 11 is 12.1. The highest BCUT2D eigenvalue weighted by atomic mass is 35.5. The number of hydrogen-bond acceptors (Lipinski definition) is 2. The Bertz CT molecular complexity index is 403. The Morgan fingerprint density at radius 1 is 1.26 bits per heavy atom. The number of hydrogen-bond donors (Lipinski definition) is 1. The molecule has 0 radical (unpaired) electrons. The van der Waals surface area contributed by atoms with Gasteiger partial charge in [0, 0.05) is 22.6 Å². The quantitative estimate of drug-likeness (QED) is 0.863. The van der Waals surface area contributed by atoms with E-state index >= 15 is 0 Å².